The van der Waals surface area contributed by atoms with E-state index >= 15 is 0 Å². The maximum Gasteiger partial charge on any atom is 0.359 e. The molecule has 0 aliphatic rings. The van der Waals surface area contributed by atoms with E-state index in [1.807, 2.05) is 36.4 Å². The van der Waals surface area contributed by atoms with Crippen LogP contribution in [0.5, 0.6) is 5.75 Å². The Morgan fingerprint density at radius 2 is 1.93 bits per heavy atom. The van der Waals surface area contributed by atoms with Crippen LogP contribution in [0.15, 0.2) is 66.4 Å². The number of aromatic nitrogens is 2. The van der Waals surface area contributed by atoms with Gasteiger partial charge in [-0.2, -0.15) is 10.4 Å². The number of hydrogen-bond acceptors (Lipinski definition) is 6. The zero-order chi connectivity index (χ0) is 21.5. The number of ketones is 1. The minimum atomic E-state index is -0.635. The van der Waals surface area contributed by atoms with E-state index in [2.05, 4.69) is 5.10 Å². The molecule has 0 aliphatic carbocycles. The summed E-state index contributed by atoms with van der Waals surface area (Å²) in [5, 5.41) is 13.9. The van der Waals surface area contributed by atoms with Crippen LogP contribution in [0, 0.1) is 11.3 Å². The van der Waals surface area contributed by atoms with Crippen LogP contribution in [0.25, 0.3) is 11.8 Å². The Bertz CT molecular complexity index is 1140. The summed E-state index contributed by atoms with van der Waals surface area (Å²) in [4.78, 5) is 25.2. The first-order valence-corrected chi connectivity index (χ1v) is 9.20. The van der Waals surface area contributed by atoms with Gasteiger partial charge in [0.15, 0.2) is 5.69 Å². The summed E-state index contributed by atoms with van der Waals surface area (Å²) in [5.41, 5.74) is 1.22. The van der Waals surface area contributed by atoms with Gasteiger partial charge in [-0.05, 0) is 37.3 Å². The highest BCUT2D eigenvalue weighted by molar-refractivity contribution is 6.14. The number of Topliss-reactive ketones (excluding diaryl/α,β-unsaturated/α-hetero) is 1. The fourth-order valence-electron chi connectivity index (χ4n) is 2.79. The molecular weight excluding hydrogens is 382 g/mol. The maximum atomic E-state index is 12.8. The molecule has 7 nitrogen and oxygen atoms in total. The minimum Gasteiger partial charge on any atom is -0.497 e. The number of carbonyl (C=O) groups is 2. The summed E-state index contributed by atoms with van der Waals surface area (Å²) >= 11 is 0. The van der Waals surface area contributed by atoms with Crippen molar-refractivity contribution in [3.05, 3.63) is 83.2 Å². The van der Waals surface area contributed by atoms with Gasteiger partial charge in [-0.3, -0.25) is 4.79 Å². The zero-order valence-corrected chi connectivity index (χ0v) is 16.5. The molecule has 0 bridgehead atoms. The van der Waals surface area contributed by atoms with Crippen molar-refractivity contribution in [3.63, 3.8) is 0 Å². The highest BCUT2D eigenvalue weighted by Crippen LogP contribution is 2.20. The second kappa shape index (κ2) is 9.34. The summed E-state index contributed by atoms with van der Waals surface area (Å²) in [6, 6.07) is 17.6. The Morgan fingerprint density at radius 3 is 2.60 bits per heavy atom. The largest absolute Gasteiger partial charge is 0.497 e. The van der Waals surface area contributed by atoms with Gasteiger partial charge in [0.05, 0.1) is 19.4 Å². The maximum absolute atomic E-state index is 12.8. The van der Waals surface area contributed by atoms with E-state index in [4.69, 9.17) is 9.47 Å². The molecule has 3 rings (SSSR count). The third kappa shape index (κ3) is 4.45. The molecule has 1 aromatic heterocycles. The fraction of sp³-hybridized carbons (Fsp3) is 0.130. The number of benzene rings is 2. The lowest BCUT2D eigenvalue weighted by molar-refractivity contribution is 0.0518. The first-order chi connectivity index (χ1) is 14.6. The Labute approximate surface area is 173 Å². The van der Waals surface area contributed by atoms with Gasteiger partial charge < -0.3 is 9.47 Å². The quantitative estimate of drug-likeness (QED) is 0.258. The second-order valence-electron chi connectivity index (χ2n) is 6.16. The lowest BCUT2D eigenvalue weighted by Crippen LogP contribution is -2.08. The number of hydrogen-bond donors (Lipinski definition) is 0. The lowest BCUT2D eigenvalue weighted by Gasteiger charge is -2.03. The van der Waals surface area contributed by atoms with Crippen molar-refractivity contribution >= 4 is 17.8 Å². The number of rotatable bonds is 7. The van der Waals surface area contributed by atoms with Crippen molar-refractivity contribution in [2.24, 2.45) is 0 Å². The second-order valence-corrected chi connectivity index (χ2v) is 6.16. The molecule has 0 unspecified atom stereocenters. The molecule has 1 heterocycles. The van der Waals surface area contributed by atoms with E-state index < -0.39 is 11.8 Å². The van der Waals surface area contributed by atoms with Gasteiger partial charge in [-0.1, -0.05) is 30.3 Å². The molecule has 0 aliphatic heterocycles. The van der Waals surface area contributed by atoms with Crippen molar-refractivity contribution < 1.29 is 19.1 Å². The first-order valence-electron chi connectivity index (χ1n) is 9.20. The van der Waals surface area contributed by atoms with Gasteiger partial charge in [0, 0.05) is 17.3 Å². The number of para-hydroxylation sites is 1. The molecule has 0 fully saturated rings. The van der Waals surface area contributed by atoms with Gasteiger partial charge in [-0.25, -0.2) is 9.48 Å². The van der Waals surface area contributed by atoms with Crippen molar-refractivity contribution in [3.8, 4) is 17.5 Å². The van der Waals surface area contributed by atoms with E-state index in [-0.39, 0.29) is 17.9 Å². The van der Waals surface area contributed by atoms with Gasteiger partial charge in [0.2, 0.25) is 5.78 Å². The zero-order valence-electron chi connectivity index (χ0n) is 16.5. The molecule has 0 spiro atoms. The Morgan fingerprint density at radius 1 is 1.17 bits per heavy atom. The van der Waals surface area contributed by atoms with Crippen LogP contribution < -0.4 is 4.74 Å². The number of nitriles is 1. The highest BCUT2D eigenvalue weighted by Gasteiger charge is 2.20. The van der Waals surface area contributed by atoms with Gasteiger partial charge in [-0.15, -0.1) is 0 Å². The molecule has 2 aromatic carbocycles. The van der Waals surface area contributed by atoms with Crippen molar-refractivity contribution in [2.75, 3.05) is 13.7 Å². The molecule has 30 heavy (non-hydrogen) atoms. The van der Waals surface area contributed by atoms with Crippen molar-refractivity contribution in [2.45, 2.75) is 6.92 Å². The van der Waals surface area contributed by atoms with E-state index in [0.29, 0.717) is 16.9 Å². The molecule has 0 amide bonds. The average molecular weight is 401 g/mol. The fourth-order valence-corrected chi connectivity index (χ4v) is 2.79. The Kier molecular flexibility index (Phi) is 6.40. The number of allylic oxidation sites excluding steroid dienone is 1. The molecule has 0 N–H and O–H groups in total. The monoisotopic (exact) mass is 401 g/mol. The molecule has 0 atom stereocenters. The molecular formula is C23H19N3O4. The summed E-state index contributed by atoms with van der Waals surface area (Å²) in [5.74, 6) is -0.620. The normalized spacial score (nSPS) is 10.9. The predicted octanol–water partition coefficient (Wildman–Crippen LogP) is 3.85. The molecule has 3 aromatic rings. The highest BCUT2D eigenvalue weighted by atomic mass is 16.5. The van der Waals surface area contributed by atoms with Crippen LogP contribution in [0.4, 0.5) is 0 Å². The number of carbonyl (C=O) groups excluding carboxylic acids is 2. The Hall–Kier alpha value is -4.18. The molecule has 7 heteroatoms. The summed E-state index contributed by atoms with van der Waals surface area (Å²) in [7, 11) is 1.49. The van der Waals surface area contributed by atoms with Crippen molar-refractivity contribution in [1.29, 1.82) is 5.26 Å². The average Bonchev–Trinajstić information content (AvgIpc) is 3.22. The number of esters is 1. The van der Waals surface area contributed by atoms with Crippen LogP contribution >= 0.6 is 0 Å². The molecule has 0 saturated heterocycles. The lowest BCUT2D eigenvalue weighted by atomic mass is 10.0. The summed E-state index contributed by atoms with van der Waals surface area (Å²) < 4.78 is 11.7. The number of nitrogens with zero attached hydrogens (tertiary/aromatic N) is 3. The van der Waals surface area contributed by atoms with Crippen LogP contribution in [-0.2, 0) is 4.74 Å². The SMILES string of the molecule is CCOC(=O)c1nn(-c2ccccc2)cc1C=C(C#N)C(=O)c1cccc(OC)c1. The third-order valence-electron chi connectivity index (χ3n) is 4.23. The van der Waals surface area contributed by atoms with Crippen LogP contribution in [0.2, 0.25) is 0 Å². The van der Waals surface area contributed by atoms with Crippen LogP contribution in [-0.4, -0.2) is 35.2 Å². The number of ether oxygens (including phenoxy) is 2. The minimum absolute atomic E-state index is 0.0203. The first kappa shape index (κ1) is 20.6. The van der Waals surface area contributed by atoms with Crippen LogP contribution in [0.1, 0.15) is 33.3 Å². The molecule has 0 radical (unpaired) electrons. The Balaban J connectivity index is 2.06. The van der Waals surface area contributed by atoms with E-state index in [1.165, 1.54) is 17.9 Å². The van der Waals surface area contributed by atoms with E-state index in [0.717, 1.165) is 5.69 Å². The topological polar surface area (TPSA) is 94.2 Å². The number of methoxy groups -OCH3 is 1. The summed E-state index contributed by atoms with van der Waals surface area (Å²) in [6.45, 7) is 1.86. The molecule has 0 saturated carbocycles. The van der Waals surface area contributed by atoms with Crippen molar-refractivity contribution in [1.82, 2.24) is 9.78 Å². The third-order valence-corrected chi connectivity index (χ3v) is 4.23. The van der Waals surface area contributed by atoms with E-state index in [9.17, 15) is 14.9 Å². The van der Waals surface area contributed by atoms with Gasteiger partial charge in [0.1, 0.15) is 17.4 Å². The molecule has 150 valence electrons. The predicted molar refractivity (Wildman–Crippen MR) is 110 cm³/mol. The smallest absolute Gasteiger partial charge is 0.359 e. The van der Waals surface area contributed by atoms with Gasteiger partial charge in [0.25, 0.3) is 0 Å². The van der Waals surface area contributed by atoms with Gasteiger partial charge >= 0.3 is 5.97 Å². The van der Waals surface area contributed by atoms with Crippen LogP contribution in [0.3, 0.4) is 0 Å². The summed E-state index contributed by atoms with van der Waals surface area (Å²) in [6.07, 6.45) is 2.93. The van der Waals surface area contributed by atoms with E-state index in [1.54, 1.807) is 37.4 Å². The standard InChI is InChI=1S/C23H19N3O4/c1-3-30-23(28)21-18(15-26(25-21)19-9-5-4-6-10-19)12-17(14-24)22(27)16-8-7-11-20(13-16)29-2/h4-13,15H,3H2,1-2H3.